The molecule has 5 heteroatoms. The predicted molar refractivity (Wildman–Crippen MR) is 95.5 cm³/mol. The normalized spacial score (nSPS) is 11.5. The Morgan fingerprint density at radius 1 is 1.04 bits per heavy atom. The van der Waals surface area contributed by atoms with Crippen LogP contribution in [0.1, 0.15) is 19.4 Å². The zero-order valence-electron chi connectivity index (χ0n) is 14.3. The lowest BCUT2D eigenvalue weighted by Crippen LogP contribution is -2.37. The van der Waals surface area contributed by atoms with Gasteiger partial charge in [-0.25, -0.2) is 0 Å². The van der Waals surface area contributed by atoms with E-state index in [1.165, 1.54) is 0 Å². The summed E-state index contributed by atoms with van der Waals surface area (Å²) < 4.78 is 10.5. The van der Waals surface area contributed by atoms with Gasteiger partial charge in [-0.15, -0.1) is 0 Å². The van der Waals surface area contributed by atoms with Crippen LogP contribution in [0.4, 0.5) is 5.69 Å². The number of ether oxygens (including phenoxy) is 2. The van der Waals surface area contributed by atoms with Crippen LogP contribution in [0.25, 0.3) is 0 Å². The Bertz CT molecular complexity index is 639. The average molecular weight is 328 g/mol. The standard InChI is InChI=1S/C19H24N2O3/c1-4-24-18-11-7-16(8-12-18)21-14(2)19(22)20-13-15-5-9-17(23-3)10-6-15/h5-12,14,21H,4,13H2,1-3H3,(H,20,22)/t14-/m0/s1. The number of hydrogen-bond donors (Lipinski definition) is 2. The molecule has 0 heterocycles. The fraction of sp³-hybridized carbons (Fsp3) is 0.316. The zero-order valence-corrected chi connectivity index (χ0v) is 14.3. The summed E-state index contributed by atoms with van der Waals surface area (Å²) in [5.74, 6) is 1.56. The lowest BCUT2D eigenvalue weighted by molar-refractivity contribution is -0.121. The Morgan fingerprint density at radius 3 is 2.25 bits per heavy atom. The van der Waals surface area contributed by atoms with Gasteiger partial charge < -0.3 is 20.1 Å². The molecular formula is C19H24N2O3. The summed E-state index contributed by atoms with van der Waals surface area (Å²) in [5, 5.41) is 6.10. The SMILES string of the molecule is CCOc1ccc(N[C@@H](C)C(=O)NCc2ccc(OC)cc2)cc1. The van der Waals surface area contributed by atoms with Crippen molar-refractivity contribution in [3.63, 3.8) is 0 Å². The zero-order chi connectivity index (χ0) is 17.4. The van der Waals surface area contributed by atoms with Crippen LogP contribution in [-0.2, 0) is 11.3 Å². The van der Waals surface area contributed by atoms with E-state index in [-0.39, 0.29) is 11.9 Å². The monoisotopic (exact) mass is 328 g/mol. The van der Waals surface area contributed by atoms with E-state index in [1.54, 1.807) is 7.11 Å². The molecule has 5 nitrogen and oxygen atoms in total. The summed E-state index contributed by atoms with van der Waals surface area (Å²) >= 11 is 0. The van der Waals surface area contributed by atoms with E-state index >= 15 is 0 Å². The minimum atomic E-state index is -0.332. The number of carbonyl (C=O) groups excluding carboxylic acids is 1. The predicted octanol–water partition coefficient (Wildman–Crippen LogP) is 3.21. The number of hydrogen-bond acceptors (Lipinski definition) is 4. The lowest BCUT2D eigenvalue weighted by atomic mass is 10.2. The number of nitrogens with one attached hydrogen (secondary N) is 2. The van der Waals surface area contributed by atoms with Crippen molar-refractivity contribution in [2.24, 2.45) is 0 Å². The lowest BCUT2D eigenvalue weighted by Gasteiger charge is -2.16. The molecule has 1 atom stereocenters. The molecule has 2 aromatic rings. The quantitative estimate of drug-likeness (QED) is 0.781. The summed E-state index contributed by atoms with van der Waals surface area (Å²) in [6.07, 6.45) is 0. The maximum Gasteiger partial charge on any atom is 0.242 e. The molecule has 0 spiro atoms. The smallest absolute Gasteiger partial charge is 0.242 e. The Kier molecular flexibility index (Phi) is 6.49. The Morgan fingerprint density at radius 2 is 1.67 bits per heavy atom. The number of benzene rings is 2. The molecule has 2 aromatic carbocycles. The fourth-order valence-electron chi connectivity index (χ4n) is 2.22. The van der Waals surface area contributed by atoms with E-state index in [0.29, 0.717) is 13.2 Å². The molecule has 0 bridgehead atoms. The van der Waals surface area contributed by atoms with Gasteiger partial charge in [-0.3, -0.25) is 4.79 Å². The van der Waals surface area contributed by atoms with Gasteiger partial charge in [0.2, 0.25) is 5.91 Å². The first kappa shape index (κ1) is 17.7. The van der Waals surface area contributed by atoms with E-state index in [9.17, 15) is 4.79 Å². The molecule has 2 rings (SSSR count). The van der Waals surface area contributed by atoms with Crippen molar-refractivity contribution in [2.45, 2.75) is 26.4 Å². The van der Waals surface area contributed by atoms with Crippen LogP contribution < -0.4 is 20.1 Å². The van der Waals surface area contributed by atoms with Crippen LogP contribution in [0.3, 0.4) is 0 Å². The van der Waals surface area contributed by atoms with Crippen LogP contribution >= 0.6 is 0 Å². The van der Waals surface area contributed by atoms with Crippen LogP contribution in [0.2, 0.25) is 0 Å². The number of amides is 1. The second kappa shape index (κ2) is 8.82. The second-order valence-corrected chi connectivity index (χ2v) is 5.39. The minimum Gasteiger partial charge on any atom is -0.497 e. The third-order valence-electron chi connectivity index (χ3n) is 3.57. The van der Waals surface area contributed by atoms with Gasteiger partial charge in [-0.1, -0.05) is 12.1 Å². The van der Waals surface area contributed by atoms with Crippen LogP contribution in [0, 0.1) is 0 Å². The average Bonchev–Trinajstić information content (AvgIpc) is 2.62. The first-order valence-electron chi connectivity index (χ1n) is 8.02. The third-order valence-corrected chi connectivity index (χ3v) is 3.57. The van der Waals surface area contributed by atoms with Crippen molar-refractivity contribution in [1.29, 1.82) is 0 Å². The van der Waals surface area contributed by atoms with E-state index in [1.807, 2.05) is 62.4 Å². The number of carbonyl (C=O) groups is 1. The summed E-state index contributed by atoms with van der Waals surface area (Å²) in [7, 11) is 1.63. The molecule has 0 saturated heterocycles. The Balaban J connectivity index is 1.82. The molecule has 1 amide bonds. The van der Waals surface area contributed by atoms with Gasteiger partial charge in [0.1, 0.15) is 17.5 Å². The molecule has 2 N–H and O–H groups in total. The van der Waals surface area contributed by atoms with Gasteiger partial charge in [0.05, 0.1) is 13.7 Å². The first-order valence-corrected chi connectivity index (χ1v) is 8.02. The molecule has 128 valence electrons. The maximum absolute atomic E-state index is 12.2. The van der Waals surface area contributed by atoms with Crippen molar-refractivity contribution < 1.29 is 14.3 Å². The summed E-state index contributed by atoms with van der Waals surface area (Å²) in [4.78, 5) is 12.2. The van der Waals surface area contributed by atoms with E-state index in [4.69, 9.17) is 9.47 Å². The second-order valence-electron chi connectivity index (χ2n) is 5.39. The number of methoxy groups -OCH3 is 1. The molecule has 0 aliphatic rings. The molecule has 24 heavy (non-hydrogen) atoms. The van der Waals surface area contributed by atoms with E-state index in [0.717, 1.165) is 22.7 Å². The Hall–Kier alpha value is -2.69. The van der Waals surface area contributed by atoms with Gasteiger partial charge in [-0.2, -0.15) is 0 Å². The summed E-state index contributed by atoms with van der Waals surface area (Å²) in [6, 6.07) is 14.9. The maximum atomic E-state index is 12.2. The van der Waals surface area contributed by atoms with Gasteiger partial charge >= 0.3 is 0 Å². The summed E-state index contributed by atoms with van der Waals surface area (Å²) in [6.45, 7) is 4.90. The van der Waals surface area contributed by atoms with Gasteiger partial charge in [0.15, 0.2) is 0 Å². The Labute approximate surface area is 143 Å². The van der Waals surface area contributed by atoms with Crippen molar-refractivity contribution in [2.75, 3.05) is 19.0 Å². The van der Waals surface area contributed by atoms with Crippen LogP contribution in [-0.4, -0.2) is 25.7 Å². The molecule has 0 fully saturated rings. The van der Waals surface area contributed by atoms with Gasteiger partial charge in [-0.05, 0) is 55.8 Å². The highest BCUT2D eigenvalue weighted by atomic mass is 16.5. The summed E-state index contributed by atoms with van der Waals surface area (Å²) in [5.41, 5.74) is 1.91. The van der Waals surface area contributed by atoms with Crippen molar-refractivity contribution in [1.82, 2.24) is 5.32 Å². The largest absolute Gasteiger partial charge is 0.497 e. The molecule has 0 aliphatic carbocycles. The highest BCUT2D eigenvalue weighted by Crippen LogP contribution is 2.16. The molecule has 0 radical (unpaired) electrons. The van der Waals surface area contributed by atoms with Gasteiger partial charge in [0, 0.05) is 12.2 Å². The van der Waals surface area contributed by atoms with Crippen molar-refractivity contribution in [3.8, 4) is 11.5 Å². The molecule has 0 saturated carbocycles. The first-order chi connectivity index (χ1) is 11.6. The molecule has 0 unspecified atom stereocenters. The number of rotatable bonds is 8. The molecule has 0 aromatic heterocycles. The van der Waals surface area contributed by atoms with Crippen LogP contribution in [0.15, 0.2) is 48.5 Å². The highest BCUT2D eigenvalue weighted by Gasteiger charge is 2.12. The van der Waals surface area contributed by atoms with E-state index in [2.05, 4.69) is 10.6 Å². The minimum absolute atomic E-state index is 0.0558. The third kappa shape index (κ3) is 5.19. The molecule has 0 aliphatic heterocycles. The number of anilines is 1. The molecular weight excluding hydrogens is 304 g/mol. The van der Waals surface area contributed by atoms with Crippen LogP contribution in [0.5, 0.6) is 11.5 Å². The topological polar surface area (TPSA) is 59.6 Å². The van der Waals surface area contributed by atoms with E-state index < -0.39 is 0 Å². The highest BCUT2D eigenvalue weighted by molar-refractivity contribution is 5.84. The van der Waals surface area contributed by atoms with Crippen molar-refractivity contribution >= 4 is 11.6 Å². The fourth-order valence-corrected chi connectivity index (χ4v) is 2.22. The van der Waals surface area contributed by atoms with Gasteiger partial charge in [0.25, 0.3) is 0 Å². The van der Waals surface area contributed by atoms with Crippen molar-refractivity contribution in [3.05, 3.63) is 54.1 Å².